The van der Waals surface area contributed by atoms with E-state index >= 15 is 0 Å². The van der Waals surface area contributed by atoms with Crippen LogP contribution in [0.1, 0.15) is 19.8 Å². The Morgan fingerprint density at radius 2 is 2.20 bits per heavy atom. The molecular weight excluding hydrogens is 276 g/mol. The molecule has 5 nitrogen and oxygen atoms in total. The van der Waals surface area contributed by atoms with Crippen molar-refractivity contribution in [2.24, 2.45) is 0 Å². The zero-order valence-electron chi connectivity index (χ0n) is 12.0. The number of anilines is 2. The Bertz CT molecular complexity index is 572. The number of hydrogen-bond donors (Lipinski definition) is 1. The quantitative estimate of drug-likeness (QED) is 0.837. The lowest BCUT2D eigenvalue weighted by molar-refractivity contribution is 0.319. The molecule has 0 bridgehead atoms. The fraction of sp³-hybridized carbons (Fsp3) is 0.571. The van der Waals surface area contributed by atoms with Crippen LogP contribution in [-0.4, -0.2) is 39.6 Å². The molecule has 1 aliphatic heterocycles. The van der Waals surface area contributed by atoms with Crippen LogP contribution >= 0.6 is 0 Å². The fourth-order valence-electron chi connectivity index (χ4n) is 2.46. The summed E-state index contributed by atoms with van der Waals surface area (Å²) in [6.07, 6.45) is 1.57. The molecular formula is C14H22N2O3S. The number of nitrogens with zero attached hydrogens (tertiary/aromatic N) is 1. The van der Waals surface area contributed by atoms with E-state index in [1.165, 1.54) is 0 Å². The molecule has 1 aromatic rings. The number of para-hydroxylation sites is 1. The zero-order valence-corrected chi connectivity index (χ0v) is 12.8. The first kappa shape index (κ1) is 15.0. The monoisotopic (exact) mass is 298 g/mol. The number of rotatable bonds is 5. The standard InChI is InChI=1S/C14H22N2O3S/c1-3-8-19-13-6-4-5-12(14(13)15)16(2)11-7-9-20(17,18)10-11/h4-6,11H,3,7-10,15H2,1-2H3. The van der Waals surface area contributed by atoms with Crippen molar-refractivity contribution in [1.29, 1.82) is 0 Å². The van der Waals surface area contributed by atoms with Crippen LogP contribution in [0.15, 0.2) is 18.2 Å². The van der Waals surface area contributed by atoms with E-state index in [1.807, 2.05) is 37.1 Å². The van der Waals surface area contributed by atoms with Gasteiger partial charge in [0.15, 0.2) is 9.84 Å². The van der Waals surface area contributed by atoms with Gasteiger partial charge in [0, 0.05) is 13.1 Å². The lowest BCUT2D eigenvalue weighted by Gasteiger charge is -2.27. The van der Waals surface area contributed by atoms with E-state index in [2.05, 4.69) is 0 Å². The van der Waals surface area contributed by atoms with Crippen LogP contribution in [0.4, 0.5) is 11.4 Å². The minimum atomic E-state index is -2.90. The molecule has 0 aliphatic carbocycles. The summed E-state index contributed by atoms with van der Waals surface area (Å²) in [4.78, 5) is 1.96. The predicted molar refractivity (Wildman–Crippen MR) is 82.1 cm³/mol. The van der Waals surface area contributed by atoms with Crippen LogP contribution in [0.3, 0.4) is 0 Å². The number of ether oxygens (including phenoxy) is 1. The van der Waals surface area contributed by atoms with E-state index in [4.69, 9.17) is 10.5 Å². The number of hydrogen-bond acceptors (Lipinski definition) is 5. The Labute approximate surface area is 120 Å². The largest absolute Gasteiger partial charge is 0.491 e. The lowest BCUT2D eigenvalue weighted by atomic mass is 10.1. The highest BCUT2D eigenvalue weighted by molar-refractivity contribution is 7.91. The Balaban J connectivity index is 2.20. The molecule has 2 N–H and O–H groups in total. The number of benzene rings is 1. The molecule has 1 fully saturated rings. The zero-order chi connectivity index (χ0) is 14.8. The van der Waals surface area contributed by atoms with Gasteiger partial charge in [-0.15, -0.1) is 0 Å². The number of sulfone groups is 1. The first-order valence-electron chi connectivity index (χ1n) is 6.89. The molecule has 112 valence electrons. The fourth-order valence-corrected chi connectivity index (χ4v) is 4.23. The van der Waals surface area contributed by atoms with Gasteiger partial charge in [-0.1, -0.05) is 13.0 Å². The van der Waals surface area contributed by atoms with Gasteiger partial charge in [0.1, 0.15) is 5.75 Å². The second-order valence-electron chi connectivity index (χ2n) is 5.21. The molecule has 2 rings (SSSR count). The topological polar surface area (TPSA) is 72.6 Å². The summed E-state index contributed by atoms with van der Waals surface area (Å²) in [6, 6.07) is 5.62. The van der Waals surface area contributed by atoms with Crippen LogP contribution in [0.25, 0.3) is 0 Å². The highest BCUT2D eigenvalue weighted by Gasteiger charge is 2.31. The van der Waals surface area contributed by atoms with Crippen molar-refractivity contribution < 1.29 is 13.2 Å². The van der Waals surface area contributed by atoms with E-state index in [0.717, 1.165) is 12.1 Å². The molecule has 1 aromatic carbocycles. The highest BCUT2D eigenvalue weighted by atomic mass is 32.2. The van der Waals surface area contributed by atoms with Gasteiger partial charge in [-0.05, 0) is 25.0 Å². The molecule has 0 saturated carbocycles. The average Bonchev–Trinajstić information content (AvgIpc) is 2.77. The van der Waals surface area contributed by atoms with Crippen LogP contribution in [0.5, 0.6) is 5.75 Å². The third-order valence-corrected chi connectivity index (χ3v) is 5.39. The molecule has 0 aromatic heterocycles. The Kier molecular flexibility index (Phi) is 4.42. The summed E-state index contributed by atoms with van der Waals surface area (Å²) in [6.45, 7) is 2.66. The van der Waals surface area contributed by atoms with E-state index in [-0.39, 0.29) is 17.5 Å². The number of nitrogens with two attached hydrogens (primary N) is 1. The molecule has 20 heavy (non-hydrogen) atoms. The van der Waals surface area contributed by atoms with Crippen molar-refractivity contribution in [1.82, 2.24) is 0 Å². The minimum Gasteiger partial charge on any atom is -0.491 e. The Hall–Kier alpha value is -1.43. The summed E-state index contributed by atoms with van der Waals surface area (Å²) in [5, 5.41) is 0. The van der Waals surface area contributed by atoms with Gasteiger partial charge >= 0.3 is 0 Å². The first-order chi connectivity index (χ1) is 9.44. The Morgan fingerprint density at radius 3 is 2.80 bits per heavy atom. The summed E-state index contributed by atoms with van der Waals surface area (Å²) < 4.78 is 28.8. The van der Waals surface area contributed by atoms with Crippen molar-refractivity contribution in [2.75, 3.05) is 35.8 Å². The highest BCUT2D eigenvalue weighted by Crippen LogP contribution is 2.34. The van der Waals surface area contributed by atoms with Gasteiger partial charge in [0.2, 0.25) is 0 Å². The van der Waals surface area contributed by atoms with Gasteiger partial charge in [-0.2, -0.15) is 0 Å². The van der Waals surface area contributed by atoms with Crippen molar-refractivity contribution in [3.05, 3.63) is 18.2 Å². The molecule has 0 radical (unpaired) electrons. The Morgan fingerprint density at radius 1 is 1.45 bits per heavy atom. The maximum Gasteiger partial charge on any atom is 0.152 e. The normalized spacial score (nSPS) is 20.8. The van der Waals surface area contributed by atoms with Crippen LogP contribution < -0.4 is 15.4 Å². The molecule has 0 spiro atoms. The minimum absolute atomic E-state index is 0.0104. The predicted octanol–water partition coefficient (Wildman–Crippen LogP) is 1.68. The molecule has 1 heterocycles. The lowest BCUT2D eigenvalue weighted by Crippen LogP contribution is -2.33. The molecule has 1 atom stereocenters. The van der Waals surface area contributed by atoms with Crippen molar-refractivity contribution >= 4 is 21.2 Å². The van der Waals surface area contributed by atoms with Crippen LogP contribution in [0.2, 0.25) is 0 Å². The second-order valence-corrected chi connectivity index (χ2v) is 7.43. The SMILES string of the molecule is CCCOc1cccc(N(C)C2CCS(=O)(=O)C2)c1N. The molecule has 6 heteroatoms. The summed E-state index contributed by atoms with van der Waals surface area (Å²) in [7, 11) is -1.01. The van der Waals surface area contributed by atoms with E-state index < -0.39 is 9.84 Å². The van der Waals surface area contributed by atoms with Crippen LogP contribution in [0, 0.1) is 0 Å². The van der Waals surface area contributed by atoms with Gasteiger partial charge in [0.25, 0.3) is 0 Å². The summed E-state index contributed by atoms with van der Waals surface area (Å²) >= 11 is 0. The molecule has 1 aliphatic rings. The summed E-state index contributed by atoms with van der Waals surface area (Å²) in [5.41, 5.74) is 7.55. The average molecular weight is 298 g/mol. The number of nitrogen functional groups attached to an aromatic ring is 1. The maximum atomic E-state index is 11.6. The van der Waals surface area contributed by atoms with Gasteiger partial charge in [-0.3, -0.25) is 0 Å². The maximum absolute atomic E-state index is 11.6. The third-order valence-electron chi connectivity index (χ3n) is 3.64. The van der Waals surface area contributed by atoms with Gasteiger partial charge in [0.05, 0.1) is 29.5 Å². The van der Waals surface area contributed by atoms with E-state index in [1.54, 1.807) is 0 Å². The molecule has 0 amide bonds. The van der Waals surface area contributed by atoms with E-state index in [9.17, 15) is 8.42 Å². The van der Waals surface area contributed by atoms with Gasteiger partial charge in [-0.25, -0.2) is 8.42 Å². The smallest absolute Gasteiger partial charge is 0.152 e. The molecule has 1 saturated heterocycles. The first-order valence-corrected chi connectivity index (χ1v) is 8.71. The van der Waals surface area contributed by atoms with Gasteiger partial charge < -0.3 is 15.4 Å². The van der Waals surface area contributed by atoms with Crippen molar-refractivity contribution in [2.45, 2.75) is 25.8 Å². The summed E-state index contributed by atoms with van der Waals surface area (Å²) in [5.74, 6) is 1.12. The van der Waals surface area contributed by atoms with Crippen molar-refractivity contribution in [3.8, 4) is 5.75 Å². The second kappa shape index (κ2) is 5.91. The third kappa shape index (κ3) is 3.17. The van der Waals surface area contributed by atoms with Crippen molar-refractivity contribution in [3.63, 3.8) is 0 Å². The molecule has 1 unspecified atom stereocenters. The van der Waals surface area contributed by atoms with E-state index in [0.29, 0.717) is 24.5 Å². The van der Waals surface area contributed by atoms with Crippen LogP contribution in [-0.2, 0) is 9.84 Å².